The first-order chi connectivity index (χ1) is 6.61. The van der Waals surface area contributed by atoms with Gasteiger partial charge in [-0.2, -0.15) is 0 Å². The molecule has 0 radical (unpaired) electrons. The molecule has 1 rings (SSSR count). The summed E-state index contributed by atoms with van der Waals surface area (Å²) in [6.45, 7) is 1.51. The van der Waals surface area contributed by atoms with Crippen LogP contribution in [0.1, 0.15) is 6.92 Å². The van der Waals surface area contributed by atoms with E-state index in [1.54, 1.807) is 6.92 Å². The van der Waals surface area contributed by atoms with Crippen LogP contribution in [0.5, 0.6) is 0 Å². The van der Waals surface area contributed by atoms with Crippen LogP contribution in [0.2, 0.25) is 0 Å². The van der Waals surface area contributed by atoms with Gasteiger partial charge in [0.2, 0.25) is 0 Å². The zero-order valence-corrected chi connectivity index (χ0v) is 7.91. The van der Waals surface area contributed by atoms with Gasteiger partial charge in [0.05, 0.1) is 6.61 Å². The third-order valence-electron chi connectivity index (χ3n) is 2.18. The Kier molecular flexibility index (Phi) is 4.24. The Morgan fingerprint density at radius 1 is 1.43 bits per heavy atom. The Morgan fingerprint density at radius 3 is 2.57 bits per heavy atom. The zero-order valence-electron chi connectivity index (χ0n) is 7.91. The molecule has 1 fully saturated rings. The summed E-state index contributed by atoms with van der Waals surface area (Å²) in [4.78, 5) is 0. The molecule has 84 valence electrons. The lowest BCUT2D eigenvalue weighted by molar-refractivity contribution is -0.158. The topological polar surface area (TPSA) is 99.4 Å². The molecule has 14 heavy (non-hydrogen) atoms. The van der Waals surface area contributed by atoms with Crippen LogP contribution in [0.4, 0.5) is 0 Å². The van der Waals surface area contributed by atoms with Gasteiger partial charge in [-0.1, -0.05) is 0 Å². The minimum atomic E-state index is -1.27. The Labute approximate surface area is 81.7 Å². The molecule has 0 aliphatic carbocycles. The molecule has 1 heterocycles. The predicted molar refractivity (Wildman–Crippen MR) is 45.4 cm³/mol. The van der Waals surface area contributed by atoms with E-state index in [4.69, 9.17) is 14.6 Å². The van der Waals surface area contributed by atoms with Gasteiger partial charge in [-0.15, -0.1) is 0 Å². The van der Waals surface area contributed by atoms with E-state index in [0.29, 0.717) is 6.61 Å². The lowest BCUT2D eigenvalue weighted by Crippen LogP contribution is -2.41. The van der Waals surface area contributed by atoms with Crippen molar-refractivity contribution in [2.45, 2.75) is 37.6 Å². The summed E-state index contributed by atoms with van der Waals surface area (Å²) in [5, 5.41) is 36.8. The molecule has 0 saturated carbocycles. The number of aliphatic hydroxyl groups is 4. The fraction of sp³-hybridized carbons (Fsp3) is 1.00. The largest absolute Gasteiger partial charge is 0.394 e. The number of aliphatic hydroxyl groups excluding tert-OH is 4. The van der Waals surface area contributed by atoms with Crippen molar-refractivity contribution < 1.29 is 29.9 Å². The molecule has 6 nitrogen and oxygen atoms in total. The molecule has 0 aromatic heterocycles. The molecule has 1 unspecified atom stereocenters. The summed E-state index contributed by atoms with van der Waals surface area (Å²) in [6.07, 6.45) is -5.49. The van der Waals surface area contributed by atoms with Crippen LogP contribution in [0.25, 0.3) is 0 Å². The van der Waals surface area contributed by atoms with Crippen molar-refractivity contribution in [2.75, 3.05) is 13.2 Å². The van der Waals surface area contributed by atoms with E-state index in [2.05, 4.69) is 0 Å². The maximum absolute atomic E-state index is 9.57. The molecule has 5 atom stereocenters. The van der Waals surface area contributed by atoms with Crippen molar-refractivity contribution in [1.29, 1.82) is 0 Å². The quantitative estimate of drug-likeness (QED) is 0.419. The Hall–Kier alpha value is -0.240. The molecule has 0 aromatic rings. The number of hydrogen-bond acceptors (Lipinski definition) is 6. The van der Waals surface area contributed by atoms with Crippen molar-refractivity contribution in [2.24, 2.45) is 0 Å². The van der Waals surface area contributed by atoms with E-state index in [1.165, 1.54) is 0 Å². The maximum atomic E-state index is 9.57. The highest BCUT2D eigenvalue weighted by atomic mass is 16.7. The minimum absolute atomic E-state index is 0.323. The zero-order chi connectivity index (χ0) is 10.7. The summed E-state index contributed by atoms with van der Waals surface area (Å²) in [5.74, 6) is 0. The summed E-state index contributed by atoms with van der Waals surface area (Å²) in [5.41, 5.74) is 0. The summed E-state index contributed by atoms with van der Waals surface area (Å²) in [6, 6.07) is 0. The fourth-order valence-corrected chi connectivity index (χ4v) is 1.47. The third kappa shape index (κ3) is 2.22. The second kappa shape index (κ2) is 5.01. The molecule has 0 aromatic carbocycles. The second-order valence-electron chi connectivity index (χ2n) is 3.15. The van der Waals surface area contributed by atoms with E-state index < -0.39 is 37.3 Å². The highest BCUT2D eigenvalue weighted by Crippen LogP contribution is 2.24. The molecular weight excluding hydrogens is 192 g/mol. The van der Waals surface area contributed by atoms with Gasteiger partial charge in [-0.3, -0.25) is 0 Å². The first-order valence-electron chi connectivity index (χ1n) is 4.54. The van der Waals surface area contributed by atoms with Gasteiger partial charge < -0.3 is 29.9 Å². The monoisotopic (exact) mass is 208 g/mol. The number of rotatable bonds is 4. The predicted octanol–water partition coefficient (Wildman–Crippen LogP) is -2.18. The van der Waals surface area contributed by atoms with Gasteiger partial charge in [0.25, 0.3) is 0 Å². The maximum Gasteiger partial charge on any atom is 0.184 e. The van der Waals surface area contributed by atoms with E-state index in [9.17, 15) is 15.3 Å². The van der Waals surface area contributed by atoms with Crippen molar-refractivity contribution in [3.05, 3.63) is 0 Å². The van der Waals surface area contributed by atoms with Gasteiger partial charge in [0, 0.05) is 6.61 Å². The Bertz CT molecular complexity index is 175. The first kappa shape index (κ1) is 11.8. The standard InChI is InChI=1S/C8H16O6/c1-2-13-7-5(11)6(4(10)3-9)14-8(7)12/h4-12H,2-3H2,1H3/t4-,5+,6-,7-,8?/m1/s1. The van der Waals surface area contributed by atoms with Crippen LogP contribution in [0, 0.1) is 0 Å². The highest BCUT2D eigenvalue weighted by Gasteiger charge is 2.46. The van der Waals surface area contributed by atoms with Gasteiger partial charge in [-0.05, 0) is 6.92 Å². The summed E-state index contributed by atoms with van der Waals surface area (Å²) >= 11 is 0. The van der Waals surface area contributed by atoms with Crippen LogP contribution in [-0.4, -0.2) is 64.3 Å². The molecule has 4 N–H and O–H groups in total. The van der Waals surface area contributed by atoms with Crippen LogP contribution < -0.4 is 0 Å². The lowest BCUT2D eigenvalue weighted by Gasteiger charge is -2.19. The fourth-order valence-electron chi connectivity index (χ4n) is 1.47. The van der Waals surface area contributed by atoms with Crippen molar-refractivity contribution in [1.82, 2.24) is 0 Å². The van der Waals surface area contributed by atoms with Crippen LogP contribution in [0.3, 0.4) is 0 Å². The van der Waals surface area contributed by atoms with Gasteiger partial charge in [0.1, 0.15) is 24.4 Å². The summed E-state index contributed by atoms with van der Waals surface area (Å²) < 4.78 is 9.90. The molecule has 0 spiro atoms. The number of ether oxygens (including phenoxy) is 2. The van der Waals surface area contributed by atoms with E-state index >= 15 is 0 Å². The van der Waals surface area contributed by atoms with Crippen molar-refractivity contribution in [3.63, 3.8) is 0 Å². The van der Waals surface area contributed by atoms with Crippen LogP contribution in [-0.2, 0) is 9.47 Å². The number of hydrogen-bond donors (Lipinski definition) is 4. The van der Waals surface area contributed by atoms with Crippen molar-refractivity contribution in [3.8, 4) is 0 Å². The van der Waals surface area contributed by atoms with Crippen LogP contribution >= 0.6 is 0 Å². The molecule has 1 saturated heterocycles. The normalized spacial score (nSPS) is 40.1. The average Bonchev–Trinajstić information content (AvgIpc) is 2.45. The Balaban J connectivity index is 2.58. The molecule has 6 heteroatoms. The molecular formula is C8H16O6. The van der Waals surface area contributed by atoms with Crippen LogP contribution in [0.15, 0.2) is 0 Å². The average molecular weight is 208 g/mol. The van der Waals surface area contributed by atoms with E-state index in [1.807, 2.05) is 0 Å². The first-order valence-corrected chi connectivity index (χ1v) is 4.54. The van der Waals surface area contributed by atoms with E-state index in [-0.39, 0.29) is 0 Å². The van der Waals surface area contributed by atoms with Gasteiger partial charge in [-0.25, -0.2) is 0 Å². The Morgan fingerprint density at radius 2 is 2.07 bits per heavy atom. The van der Waals surface area contributed by atoms with Gasteiger partial charge in [0.15, 0.2) is 6.29 Å². The third-order valence-corrected chi connectivity index (χ3v) is 2.18. The molecule has 1 aliphatic rings. The van der Waals surface area contributed by atoms with E-state index in [0.717, 1.165) is 0 Å². The SMILES string of the molecule is CCO[C@H]1C(O)O[C@H]([C@H](O)CO)[C@@H]1O. The second-order valence-corrected chi connectivity index (χ2v) is 3.15. The molecule has 0 bridgehead atoms. The highest BCUT2D eigenvalue weighted by molar-refractivity contribution is 4.90. The lowest BCUT2D eigenvalue weighted by atomic mass is 10.1. The minimum Gasteiger partial charge on any atom is -0.394 e. The van der Waals surface area contributed by atoms with Gasteiger partial charge >= 0.3 is 0 Å². The smallest absolute Gasteiger partial charge is 0.184 e. The van der Waals surface area contributed by atoms with Crippen molar-refractivity contribution >= 4 is 0 Å². The summed E-state index contributed by atoms with van der Waals surface area (Å²) in [7, 11) is 0. The molecule has 1 aliphatic heterocycles. The molecule has 0 amide bonds.